The fourth-order valence-corrected chi connectivity index (χ4v) is 2.45. The number of nitrogens with zero attached hydrogens (tertiary/aromatic N) is 5. The Bertz CT molecular complexity index is 505. The quantitative estimate of drug-likeness (QED) is 0.838. The second-order valence-corrected chi connectivity index (χ2v) is 4.90. The van der Waals surface area contributed by atoms with E-state index in [1.165, 1.54) is 44.2 Å². The highest BCUT2D eigenvalue weighted by molar-refractivity contribution is 5.53. The van der Waals surface area contributed by atoms with Gasteiger partial charge in [-0.2, -0.15) is 0 Å². The van der Waals surface area contributed by atoms with Crippen LogP contribution in [0, 0.1) is 0 Å². The highest BCUT2D eigenvalue weighted by atomic mass is 15.3. The van der Waals surface area contributed by atoms with Crippen LogP contribution in [0.4, 0.5) is 0 Å². The van der Waals surface area contributed by atoms with Crippen molar-refractivity contribution in [1.82, 2.24) is 25.3 Å². The standard InChI is InChI=1S/C14H17N5/c1-2-8-19(9-3-1)10-12-4-6-13(7-5-12)14-17-15-11-16-18-14/h4-7,11H,1-3,8-10H2. The van der Waals surface area contributed by atoms with E-state index in [2.05, 4.69) is 37.4 Å². The first-order valence-electron chi connectivity index (χ1n) is 6.74. The summed E-state index contributed by atoms with van der Waals surface area (Å²) < 4.78 is 0. The van der Waals surface area contributed by atoms with Gasteiger partial charge >= 0.3 is 0 Å². The molecule has 2 heterocycles. The van der Waals surface area contributed by atoms with Crippen LogP contribution in [0.2, 0.25) is 0 Å². The third-order valence-electron chi connectivity index (χ3n) is 3.48. The van der Waals surface area contributed by atoms with Crippen LogP contribution in [-0.2, 0) is 6.54 Å². The molecular weight excluding hydrogens is 238 g/mol. The monoisotopic (exact) mass is 255 g/mol. The van der Waals surface area contributed by atoms with Gasteiger partial charge in [0.1, 0.15) is 0 Å². The highest BCUT2D eigenvalue weighted by Gasteiger charge is 2.10. The van der Waals surface area contributed by atoms with E-state index in [9.17, 15) is 0 Å². The van der Waals surface area contributed by atoms with Gasteiger partial charge in [-0.3, -0.25) is 4.90 Å². The van der Waals surface area contributed by atoms with E-state index in [1.54, 1.807) is 0 Å². The number of likely N-dealkylation sites (tertiary alicyclic amines) is 1. The molecule has 98 valence electrons. The van der Waals surface area contributed by atoms with E-state index in [0.717, 1.165) is 12.1 Å². The molecule has 3 rings (SSSR count). The average molecular weight is 255 g/mol. The Labute approximate surface area is 112 Å². The van der Waals surface area contributed by atoms with Crippen molar-refractivity contribution in [2.75, 3.05) is 13.1 Å². The summed E-state index contributed by atoms with van der Waals surface area (Å²) in [6.07, 6.45) is 5.37. The molecule has 0 amide bonds. The maximum absolute atomic E-state index is 3.96. The van der Waals surface area contributed by atoms with Crippen LogP contribution in [0.15, 0.2) is 30.6 Å². The van der Waals surface area contributed by atoms with Gasteiger partial charge in [-0.05, 0) is 31.5 Å². The minimum atomic E-state index is 0.576. The minimum absolute atomic E-state index is 0.576. The van der Waals surface area contributed by atoms with Crippen molar-refractivity contribution >= 4 is 0 Å². The number of aromatic nitrogens is 4. The van der Waals surface area contributed by atoms with Crippen molar-refractivity contribution < 1.29 is 0 Å². The summed E-state index contributed by atoms with van der Waals surface area (Å²) in [6, 6.07) is 8.36. The van der Waals surface area contributed by atoms with Crippen molar-refractivity contribution in [2.45, 2.75) is 25.8 Å². The molecule has 0 saturated carbocycles. The average Bonchev–Trinajstić information content (AvgIpc) is 2.50. The molecule has 1 aliphatic heterocycles. The Kier molecular flexibility index (Phi) is 3.74. The van der Waals surface area contributed by atoms with Crippen molar-refractivity contribution in [1.29, 1.82) is 0 Å². The fraction of sp³-hybridized carbons (Fsp3) is 0.429. The molecule has 0 spiro atoms. The predicted octanol–water partition coefficient (Wildman–Crippen LogP) is 1.92. The lowest BCUT2D eigenvalue weighted by atomic mass is 10.1. The molecule has 2 aromatic rings. The molecule has 1 aromatic carbocycles. The Morgan fingerprint density at radius 3 is 2.26 bits per heavy atom. The predicted molar refractivity (Wildman–Crippen MR) is 72.2 cm³/mol. The van der Waals surface area contributed by atoms with Gasteiger partial charge in [0.25, 0.3) is 0 Å². The van der Waals surface area contributed by atoms with Crippen LogP contribution in [-0.4, -0.2) is 38.4 Å². The van der Waals surface area contributed by atoms with Crippen LogP contribution in [0.5, 0.6) is 0 Å². The zero-order valence-electron chi connectivity index (χ0n) is 10.9. The summed E-state index contributed by atoms with van der Waals surface area (Å²) in [5.74, 6) is 0.576. The topological polar surface area (TPSA) is 54.8 Å². The summed E-state index contributed by atoms with van der Waals surface area (Å²) in [4.78, 5) is 2.51. The van der Waals surface area contributed by atoms with Crippen LogP contribution >= 0.6 is 0 Å². The van der Waals surface area contributed by atoms with E-state index in [4.69, 9.17) is 0 Å². The zero-order valence-corrected chi connectivity index (χ0v) is 10.9. The van der Waals surface area contributed by atoms with Gasteiger partial charge in [0, 0.05) is 12.1 Å². The largest absolute Gasteiger partial charge is 0.299 e. The number of hydrogen-bond acceptors (Lipinski definition) is 5. The molecule has 0 bridgehead atoms. The molecule has 0 N–H and O–H groups in total. The maximum atomic E-state index is 3.96. The van der Waals surface area contributed by atoms with E-state index >= 15 is 0 Å². The van der Waals surface area contributed by atoms with Crippen molar-refractivity contribution in [3.8, 4) is 11.4 Å². The zero-order chi connectivity index (χ0) is 12.9. The summed E-state index contributed by atoms with van der Waals surface area (Å²) in [6.45, 7) is 3.47. The smallest absolute Gasteiger partial charge is 0.203 e. The minimum Gasteiger partial charge on any atom is -0.299 e. The number of benzene rings is 1. The van der Waals surface area contributed by atoms with E-state index in [-0.39, 0.29) is 0 Å². The molecule has 5 nitrogen and oxygen atoms in total. The van der Waals surface area contributed by atoms with Crippen LogP contribution < -0.4 is 0 Å². The molecule has 0 atom stereocenters. The first-order chi connectivity index (χ1) is 9.42. The van der Waals surface area contributed by atoms with Gasteiger partial charge in [0.2, 0.25) is 5.82 Å². The van der Waals surface area contributed by atoms with Crippen LogP contribution in [0.1, 0.15) is 24.8 Å². The molecule has 1 aliphatic rings. The van der Waals surface area contributed by atoms with Gasteiger partial charge in [0.15, 0.2) is 6.33 Å². The summed E-state index contributed by atoms with van der Waals surface area (Å²) in [5.41, 5.74) is 2.30. The molecule has 5 heteroatoms. The second kappa shape index (κ2) is 5.84. The van der Waals surface area contributed by atoms with E-state index in [1.807, 2.05) is 12.1 Å². The van der Waals surface area contributed by atoms with Crippen molar-refractivity contribution in [2.24, 2.45) is 0 Å². The number of rotatable bonds is 3. The Morgan fingerprint density at radius 2 is 1.58 bits per heavy atom. The summed E-state index contributed by atoms with van der Waals surface area (Å²) in [5, 5.41) is 15.4. The normalized spacial score (nSPS) is 16.4. The van der Waals surface area contributed by atoms with E-state index < -0.39 is 0 Å². The summed E-state index contributed by atoms with van der Waals surface area (Å²) >= 11 is 0. The lowest BCUT2D eigenvalue weighted by molar-refractivity contribution is 0.221. The molecule has 0 unspecified atom stereocenters. The van der Waals surface area contributed by atoms with Crippen LogP contribution in [0.3, 0.4) is 0 Å². The molecular formula is C14H17N5. The maximum Gasteiger partial charge on any atom is 0.203 e. The Hall–Kier alpha value is -1.88. The van der Waals surface area contributed by atoms with Gasteiger partial charge in [-0.15, -0.1) is 20.4 Å². The van der Waals surface area contributed by atoms with Crippen molar-refractivity contribution in [3.05, 3.63) is 36.2 Å². The molecule has 0 radical (unpaired) electrons. The van der Waals surface area contributed by atoms with Crippen LogP contribution in [0.25, 0.3) is 11.4 Å². The molecule has 0 aliphatic carbocycles. The molecule has 1 fully saturated rings. The Balaban J connectivity index is 1.68. The Morgan fingerprint density at radius 1 is 0.895 bits per heavy atom. The molecule has 1 aromatic heterocycles. The first-order valence-corrected chi connectivity index (χ1v) is 6.74. The fourth-order valence-electron chi connectivity index (χ4n) is 2.45. The van der Waals surface area contributed by atoms with Crippen molar-refractivity contribution in [3.63, 3.8) is 0 Å². The third-order valence-corrected chi connectivity index (χ3v) is 3.48. The van der Waals surface area contributed by atoms with E-state index in [0.29, 0.717) is 5.82 Å². The van der Waals surface area contributed by atoms with Gasteiger partial charge in [-0.1, -0.05) is 30.7 Å². The summed E-state index contributed by atoms with van der Waals surface area (Å²) in [7, 11) is 0. The lowest BCUT2D eigenvalue weighted by Crippen LogP contribution is -2.29. The molecule has 1 saturated heterocycles. The van der Waals surface area contributed by atoms with Gasteiger partial charge in [-0.25, -0.2) is 0 Å². The SMILES string of the molecule is c1nnc(-c2ccc(CN3CCCCC3)cc2)nn1. The van der Waals surface area contributed by atoms with Gasteiger partial charge < -0.3 is 0 Å². The molecule has 19 heavy (non-hydrogen) atoms. The lowest BCUT2D eigenvalue weighted by Gasteiger charge is -2.26. The highest BCUT2D eigenvalue weighted by Crippen LogP contribution is 2.17. The first kappa shape index (κ1) is 12.2. The third kappa shape index (κ3) is 3.12. The number of piperidine rings is 1. The van der Waals surface area contributed by atoms with Gasteiger partial charge in [0.05, 0.1) is 0 Å². The second-order valence-electron chi connectivity index (χ2n) is 4.90. The number of hydrogen-bond donors (Lipinski definition) is 0.